The van der Waals surface area contributed by atoms with Gasteiger partial charge in [-0.25, -0.2) is 0 Å². The number of Topliss-reactive ketones (excluding diaryl/α,β-unsaturated/α-hetero) is 1. The van der Waals surface area contributed by atoms with Crippen LogP contribution in [-0.2, 0) is 12.6 Å². The van der Waals surface area contributed by atoms with E-state index >= 15 is 0 Å². The molecule has 6 heteroatoms. The van der Waals surface area contributed by atoms with Crippen molar-refractivity contribution in [1.29, 1.82) is 0 Å². The summed E-state index contributed by atoms with van der Waals surface area (Å²) < 4.78 is 6.91. The molecular formula is C17H20ClN3O2. The molecule has 1 aliphatic rings. The molecule has 1 aromatic carbocycles. The summed E-state index contributed by atoms with van der Waals surface area (Å²) in [6.07, 6.45) is 2.07. The predicted octanol–water partition coefficient (Wildman–Crippen LogP) is 3.41. The van der Waals surface area contributed by atoms with Crippen LogP contribution in [0.3, 0.4) is 0 Å². The van der Waals surface area contributed by atoms with Crippen LogP contribution in [0, 0.1) is 0 Å². The van der Waals surface area contributed by atoms with Gasteiger partial charge in [-0.05, 0) is 30.5 Å². The van der Waals surface area contributed by atoms with Crippen LogP contribution < -0.4 is 9.64 Å². The van der Waals surface area contributed by atoms with Crippen molar-refractivity contribution in [3.63, 3.8) is 0 Å². The molecule has 1 aromatic heterocycles. The summed E-state index contributed by atoms with van der Waals surface area (Å²) in [7, 11) is 5.48. The van der Waals surface area contributed by atoms with Gasteiger partial charge in [0.05, 0.1) is 12.6 Å². The molecule has 3 rings (SSSR count). The van der Waals surface area contributed by atoms with Crippen LogP contribution in [0.15, 0.2) is 24.3 Å². The first-order valence-electron chi connectivity index (χ1n) is 7.52. The lowest BCUT2D eigenvalue weighted by Gasteiger charge is -2.30. The number of carbonyl (C=O) groups is 1. The summed E-state index contributed by atoms with van der Waals surface area (Å²) in [5.74, 6) is 1.48. The first kappa shape index (κ1) is 15.9. The largest absolute Gasteiger partial charge is 0.497 e. The van der Waals surface area contributed by atoms with E-state index < -0.39 is 0 Å². The quantitative estimate of drug-likeness (QED) is 0.787. The van der Waals surface area contributed by atoms with Crippen molar-refractivity contribution < 1.29 is 9.53 Å². The molecule has 2 aromatic rings. The highest BCUT2D eigenvalue weighted by molar-refractivity contribution is 6.36. The number of benzene rings is 1. The van der Waals surface area contributed by atoms with Crippen LogP contribution >= 0.6 is 11.6 Å². The van der Waals surface area contributed by atoms with Gasteiger partial charge in [0.1, 0.15) is 22.3 Å². The first-order chi connectivity index (χ1) is 10.9. The summed E-state index contributed by atoms with van der Waals surface area (Å²) in [4.78, 5) is 13.8. The fourth-order valence-electron chi connectivity index (χ4n) is 3.12. The zero-order valence-corrected chi connectivity index (χ0v) is 14.5. The van der Waals surface area contributed by atoms with E-state index in [4.69, 9.17) is 16.3 Å². The molecule has 0 atom stereocenters. The standard InChI is InChI=1S/C17H20ClN3O2/c1-11(22)15-14(18)16(21(3)19-15)20(2)17(9-10-17)12-5-7-13(23-4)8-6-12/h5-8H,9-10H2,1-4H3. The molecule has 1 heterocycles. The second kappa shape index (κ2) is 5.57. The number of halogens is 1. The van der Waals surface area contributed by atoms with Crippen molar-refractivity contribution >= 4 is 23.2 Å². The third kappa shape index (κ3) is 2.49. The zero-order chi connectivity index (χ0) is 16.8. The SMILES string of the molecule is COc1ccc(C2(N(C)c3c(Cl)c(C(C)=O)nn3C)CC2)cc1. The van der Waals surface area contributed by atoms with Crippen molar-refractivity contribution in [3.05, 3.63) is 40.5 Å². The van der Waals surface area contributed by atoms with E-state index in [2.05, 4.69) is 22.1 Å². The highest BCUT2D eigenvalue weighted by Gasteiger charge is 2.49. The topological polar surface area (TPSA) is 47.4 Å². The number of methoxy groups -OCH3 is 1. The number of rotatable bonds is 5. The summed E-state index contributed by atoms with van der Waals surface area (Å²) >= 11 is 6.42. The minimum Gasteiger partial charge on any atom is -0.497 e. The van der Waals surface area contributed by atoms with Gasteiger partial charge >= 0.3 is 0 Å². The van der Waals surface area contributed by atoms with Gasteiger partial charge in [-0.1, -0.05) is 23.7 Å². The number of hydrogen-bond acceptors (Lipinski definition) is 4. The first-order valence-corrected chi connectivity index (χ1v) is 7.90. The van der Waals surface area contributed by atoms with Crippen molar-refractivity contribution in [2.45, 2.75) is 25.3 Å². The molecule has 0 amide bonds. The van der Waals surface area contributed by atoms with Crippen molar-refractivity contribution in [2.75, 3.05) is 19.1 Å². The third-order valence-electron chi connectivity index (χ3n) is 4.60. The van der Waals surface area contributed by atoms with Crippen LogP contribution in [-0.4, -0.2) is 29.7 Å². The Balaban J connectivity index is 1.99. The molecule has 0 bridgehead atoms. The van der Waals surface area contributed by atoms with Crippen LogP contribution in [0.4, 0.5) is 5.82 Å². The monoisotopic (exact) mass is 333 g/mol. The van der Waals surface area contributed by atoms with Crippen LogP contribution in [0.2, 0.25) is 5.02 Å². The number of carbonyl (C=O) groups excluding carboxylic acids is 1. The summed E-state index contributed by atoms with van der Waals surface area (Å²) in [6, 6.07) is 8.10. The Labute approximate surface area is 140 Å². The summed E-state index contributed by atoms with van der Waals surface area (Å²) in [6.45, 7) is 1.48. The Bertz CT molecular complexity index is 748. The van der Waals surface area contributed by atoms with Gasteiger partial charge in [0.25, 0.3) is 0 Å². The maximum Gasteiger partial charge on any atom is 0.181 e. The average molecular weight is 334 g/mol. The molecule has 0 spiro atoms. The fraction of sp³-hybridized carbons (Fsp3) is 0.412. The van der Waals surface area contributed by atoms with Crippen LogP contribution in [0.5, 0.6) is 5.75 Å². The number of aromatic nitrogens is 2. The molecule has 1 saturated carbocycles. The average Bonchev–Trinajstić information content (AvgIpc) is 3.28. The van der Waals surface area contributed by atoms with Gasteiger partial charge in [-0.15, -0.1) is 0 Å². The van der Waals surface area contributed by atoms with Crippen LogP contribution in [0.25, 0.3) is 0 Å². The summed E-state index contributed by atoms with van der Waals surface area (Å²) in [5, 5.41) is 4.69. The molecule has 0 aliphatic heterocycles. The Morgan fingerprint density at radius 3 is 2.39 bits per heavy atom. The zero-order valence-electron chi connectivity index (χ0n) is 13.8. The number of hydrogen-bond donors (Lipinski definition) is 0. The Morgan fingerprint density at radius 2 is 1.96 bits per heavy atom. The van der Waals surface area contributed by atoms with Gasteiger partial charge in [0, 0.05) is 21.0 Å². The van der Waals surface area contributed by atoms with Gasteiger partial charge in [0.2, 0.25) is 0 Å². The lowest BCUT2D eigenvalue weighted by molar-refractivity contribution is 0.101. The Kier molecular flexibility index (Phi) is 3.84. The van der Waals surface area contributed by atoms with Crippen LogP contribution in [0.1, 0.15) is 35.8 Å². The van der Waals surface area contributed by atoms with Crippen molar-refractivity contribution in [1.82, 2.24) is 9.78 Å². The maximum absolute atomic E-state index is 11.7. The van der Waals surface area contributed by atoms with Crippen molar-refractivity contribution in [3.8, 4) is 5.75 Å². The lowest BCUT2D eigenvalue weighted by atomic mass is 10.0. The molecular weight excluding hydrogens is 314 g/mol. The Morgan fingerprint density at radius 1 is 1.35 bits per heavy atom. The molecule has 1 fully saturated rings. The third-order valence-corrected chi connectivity index (χ3v) is 4.95. The molecule has 0 unspecified atom stereocenters. The highest BCUT2D eigenvalue weighted by Crippen LogP contribution is 2.53. The molecule has 0 saturated heterocycles. The van der Waals surface area contributed by atoms with Crippen molar-refractivity contribution in [2.24, 2.45) is 7.05 Å². The highest BCUT2D eigenvalue weighted by atomic mass is 35.5. The molecule has 5 nitrogen and oxygen atoms in total. The van der Waals surface area contributed by atoms with Gasteiger partial charge in [-0.2, -0.15) is 5.10 Å². The number of ketones is 1. The van der Waals surface area contributed by atoms with E-state index in [0.29, 0.717) is 10.7 Å². The number of aryl methyl sites for hydroxylation is 1. The van der Waals surface area contributed by atoms with E-state index in [1.54, 1.807) is 11.8 Å². The predicted molar refractivity (Wildman–Crippen MR) is 90.5 cm³/mol. The number of nitrogens with zero attached hydrogens (tertiary/aromatic N) is 3. The smallest absolute Gasteiger partial charge is 0.181 e. The number of anilines is 1. The fourth-order valence-corrected chi connectivity index (χ4v) is 3.54. The second-order valence-corrected chi connectivity index (χ2v) is 6.36. The van der Waals surface area contributed by atoms with E-state index in [1.165, 1.54) is 12.5 Å². The Hall–Kier alpha value is -2.01. The normalized spacial score (nSPS) is 15.3. The van der Waals surface area contributed by atoms with E-state index in [0.717, 1.165) is 24.4 Å². The van der Waals surface area contributed by atoms with E-state index in [-0.39, 0.29) is 11.3 Å². The van der Waals surface area contributed by atoms with Gasteiger partial charge in [-0.3, -0.25) is 9.48 Å². The second-order valence-electron chi connectivity index (χ2n) is 5.99. The maximum atomic E-state index is 11.7. The minimum atomic E-state index is -0.125. The molecule has 1 aliphatic carbocycles. The molecule has 23 heavy (non-hydrogen) atoms. The molecule has 122 valence electrons. The van der Waals surface area contributed by atoms with E-state index in [9.17, 15) is 4.79 Å². The summed E-state index contributed by atoms with van der Waals surface area (Å²) in [5.41, 5.74) is 1.43. The molecule has 0 N–H and O–H groups in total. The van der Waals surface area contributed by atoms with Gasteiger partial charge < -0.3 is 9.64 Å². The molecule has 0 radical (unpaired) electrons. The van der Waals surface area contributed by atoms with Gasteiger partial charge in [0.15, 0.2) is 5.78 Å². The lowest BCUT2D eigenvalue weighted by Crippen LogP contribution is -2.33. The number of ether oxygens (including phenoxy) is 1. The van der Waals surface area contributed by atoms with E-state index in [1.807, 2.05) is 26.2 Å². The minimum absolute atomic E-state index is 0.0994.